The summed E-state index contributed by atoms with van der Waals surface area (Å²) in [5.41, 5.74) is 1.92. The van der Waals surface area contributed by atoms with E-state index in [0.29, 0.717) is 16.7 Å². The second-order valence-corrected chi connectivity index (χ2v) is 5.94. The lowest BCUT2D eigenvalue weighted by molar-refractivity contribution is -0.262. The monoisotopic (exact) mass is 317 g/mol. The fourth-order valence-electron chi connectivity index (χ4n) is 2.48. The first-order valence-electron chi connectivity index (χ1n) is 6.80. The van der Waals surface area contributed by atoms with Gasteiger partial charge in [-0.25, -0.2) is 9.23 Å². The molecule has 0 fully saturated rings. The summed E-state index contributed by atoms with van der Waals surface area (Å²) in [4.78, 5) is 6.70. The van der Waals surface area contributed by atoms with E-state index < -0.39 is 5.79 Å². The predicted octanol–water partition coefficient (Wildman–Crippen LogP) is 3.61. The molecule has 1 N–H and O–H groups in total. The highest BCUT2D eigenvalue weighted by molar-refractivity contribution is 7.98. The Kier molecular flexibility index (Phi) is 3.95. The van der Waals surface area contributed by atoms with Crippen LogP contribution < -0.4 is 0 Å². The smallest absolute Gasteiger partial charge is 0.246 e. The zero-order valence-corrected chi connectivity index (χ0v) is 13.1. The number of hydroxylamine groups is 2. The van der Waals surface area contributed by atoms with E-state index in [2.05, 4.69) is 0 Å². The number of thioether (sulfide) groups is 1. The number of aliphatic hydroxyl groups is 1. The molecule has 0 amide bonds. The van der Waals surface area contributed by atoms with Crippen LogP contribution in [0, 0.1) is 5.82 Å². The topological polar surface area (TPSA) is 32.7 Å². The summed E-state index contributed by atoms with van der Waals surface area (Å²) in [5, 5.41) is 12.5. The predicted molar refractivity (Wildman–Crippen MR) is 85.3 cm³/mol. The van der Waals surface area contributed by atoms with Gasteiger partial charge in [-0.1, -0.05) is 24.3 Å². The molecule has 0 saturated carbocycles. The van der Waals surface area contributed by atoms with Gasteiger partial charge in [0.1, 0.15) is 5.82 Å². The first kappa shape index (κ1) is 15.1. The van der Waals surface area contributed by atoms with E-state index in [9.17, 15) is 9.50 Å². The van der Waals surface area contributed by atoms with Crippen molar-refractivity contribution in [1.29, 1.82) is 0 Å². The molecule has 114 valence electrons. The lowest BCUT2D eigenvalue weighted by atomic mass is 9.93. The molecule has 1 atom stereocenters. The van der Waals surface area contributed by atoms with Crippen LogP contribution in [0.25, 0.3) is 5.57 Å². The minimum Gasteiger partial charge on any atom is -0.357 e. The van der Waals surface area contributed by atoms with Crippen LogP contribution in [0.5, 0.6) is 0 Å². The van der Waals surface area contributed by atoms with Crippen molar-refractivity contribution in [3.63, 3.8) is 0 Å². The average molecular weight is 317 g/mol. The van der Waals surface area contributed by atoms with E-state index in [1.165, 1.54) is 17.2 Å². The lowest BCUT2D eigenvalue weighted by Crippen LogP contribution is -2.30. The third kappa shape index (κ3) is 2.63. The molecule has 1 aliphatic rings. The van der Waals surface area contributed by atoms with Crippen LogP contribution in [0.4, 0.5) is 4.39 Å². The Labute approximate surface area is 133 Å². The van der Waals surface area contributed by atoms with Crippen LogP contribution in [-0.2, 0) is 10.6 Å². The van der Waals surface area contributed by atoms with Gasteiger partial charge in [-0.3, -0.25) is 5.06 Å². The van der Waals surface area contributed by atoms with Crippen LogP contribution in [-0.4, -0.2) is 23.5 Å². The standard InChI is InChI=1S/C17H16FNO2S/c1-19-11-16(12-3-7-14(18)8-4-12)17(20,21-19)13-5-9-15(22-2)10-6-13/h3-11,20H,1-2H3. The van der Waals surface area contributed by atoms with Crippen molar-refractivity contribution >= 4 is 17.3 Å². The van der Waals surface area contributed by atoms with E-state index in [1.54, 1.807) is 37.1 Å². The molecule has 0 saturated heterocycles. The Morgan fingerprint density at radius 1 is 1.09 bits per heavy atom. The fourth-order valence-corrected chi connectivity index (χ4v) is 2.89. The molecule has 5 heteroatoms. The van der Waals surface area contributed by atoms with Crippen LogP contribution in [0.15, 0.2) is 59.6 Å². The molecule has 0 radical (unpaired) electrons. The number of halogens is 1. The van der Waals surface area contributed by atoms with Crippen molar-refractivity contribution in [2.75, 3.05) is 13.3 Å². The molecule has 0 spiro atoms. The minimum atomic E-state index is -1.58. The van der Waals surface area contributed by atoms with Crippen molar-refractivity contribution in [2.24, 2.45) is 0 Å². The number of hydrogen-bond acceptors (Lipinski definition) is 4. The van der Waals surface area contributed by atoms with E-state index in [1.807, 2.05) is 30.5 Å². The highest BCUT2D eigenvalue weighted by Crippen LogP contribution is 2.42. The zero-order chi connectivity index (χ0) is 15.7. The summed E-state index contributed by atoms with van der Waals surface area (Å²) in [6.07, 6.45) is 3.70. The van der Waals surface area contributed by atoms with E-state index in [4.69, 9.17) is 4.84 Å². The third-order valence-electron chi connectivity index (χ3n) is 3.59. The van der Waals surface area contributed by atoms with Gasteiger partial charge in [-0.05, 0) is 36.1 Å². The van der Waals surface area contributed by atoms with Gasteiger partial charge in [0.05, 0.1) is 0 Å². The van der Waals surface area contributed by atoms with Gasteiger partial charge in [0.15, 0.2) is 0 Å². The van der Waals surface area contributed by atoms with Gasteiger partial charge in [0, 0.05) is 29.3 Å². The highest BCUT2D eigenvalue weighted by Gasteiger charge is 2.42. The number of rotatable bonds is 3. The second kappa shape index (κ2) is 5.76. The maximum Gasteiger partial charge on any atom is 0.246 e. The lowest BCUT2D eigenvalue weighted by Gasteiger charge is -2.26. The molecule has 1 aliphatic heterocycles. The van der Waals surface area contributed by atoms with Crippen LogP contribution >= 0.6 is 11.8 Å². The van der Waals surface area contributed by atoms with Crippen molar-refractivity contribution in [3.05, 3.63) is 71.7 Å². The number of benzene rings is 2. The average Bonchev–Trinajstić information content (AvgIpc) is 2.84. The van der Waals surface area contributed by atoms with Gasteiger partial charge in [0.2, 0.25) is 5.79 Å². The summed E-state index contributed by atoms with van der Waals surface area (Å²) in [6.45, 7) is 0. The zero-order valence-electron chi connectivity index (χ0n) is 12.3. The minimum absolute atomic E-state index is 0.315. The first-order chi connectivity index (χ1) is 10.5. The van der Waals surface area contributed by atoms with Gasteiger partial charge in [-0.15, -0.1) is 11.8 Å². The van der Waals surface area contributed by atoms with E-state index in [0.717, 1.165) is 4.90 Å². The van der Waals surface area contributed by atoms with Crippen LogP contribution in [0.1, 0.15) is 11.1 Å². The second-order valence-electron chi connectivity index (χ2n) is 5.06. The largest absolute Gasteiger partial charge is 0.357 e. The summed E-state index contributed by atoms with van der Waals surface area (Å²) in [5.74, 6) is -1.90. The third-order valence-corrected chi connectivity index (χ3v) is 4.33. The molecular formula is C17H16FNO2S. The Hall–Kier alpha value is -1.82. The van der Waals surface area contributed by atoms with Crippen LogP contribution in [0.2, 0.25) is 0 Å². The molecule has 0 bridgehead atoms. The molecule has 2 aromatic rings. The molecular weight excluding hydrogens is 301 g/mol. The Bertz CT molecular complexity index is 700. The van der Waals surface area contributed by atoms with Gasteiger partial charge in [-0.2, -0.15) is 0 Å². The quantitative estimate of drug-likeness (QED) is 0.877. The molecule has 0 aromatic heterocycles. The molecule has 3 nitrogen and oxygen atoms in total. The number of hydrogen-bond donors (Lipinski definition) is 1. The summed E-state index contributed by atoms with van der Waals surface area (Å²) in [7, 11) is 1.71. The maximum absolute atomic E-state index is 13.1. The first-order valence-corrected chi connectivity index (χ1v) is 8.02. The summed E-state index contributed by atoms with van der Waals surface area (Å²) < 4.78 is 13.1. The fraction of sp³-hybridized carbons (Fsp3) is 0.176. The van der Waals surface area contributed by atoms with Crippen molar-refractivity contribution in [2.45, 2.75) is 10.7 Å². The van der Waals surface area contributed by atoms with Crippen molar-refractivity contribution in [3.8, 4) is 0 Å². The molecule has 22 heavy (non-hydrogen) atoms. The molecule has 1 unspecified atom stereocenters. The highest BCUT2D eigenvalue weighted by atomic mass is 32.2. The Morgan fingerprint density at radius 3 is 2.32 bits per heavy atom. The van der Waals surface area contributed by atoms with Gasteiger partial charge in [0.25, 0.3) is 0 Å². The molecule has 1 heterocycles. The normalized spacial score (nSPS) is 21.1. The molecule has 2 aromatic carbocycles. The SMILES string of the molecule is CSc1ccc(C2(O)ON(C)C=C2c2ccc(F)cc2)cc1. The molecule has 0 aliphatic carbocycles. The summed E-state index contributed by atoms with van der Waals surface area (Å²) >= 11 is 1.63. The Balaban J connectivity index is 2.03. The van der Waals surface area contributed by atoms with Crippen LogP contribution in [0.3, 0.4) is 0 Å². The number of nitrogens with zero attached hydrogens (tertiary/aromatic N) is 1. The van der Waals surface area contributed by atoms with Gasteiger partial charge >= 0.3 is 0 Å². The van der Waals surface area contributed by atoms with Gasteiger partial charge < -0.3 is 5.11 Å². The van der Waals surface area contributed by atoms with Crippen molar-refractivity contribution in [1.82, 2.24) is 5.06 Å². The molecule has 3 rings (SSSR count). The summed E-state index contributed by atoms with van der Waals surface area (Å²) in [6, 6.07) is 13.5. The maximum atomic E-state index is 13.1. The van der Waals surface area contributed by atoms with E-state index in [-0.39, 0.29) is 5.82 Å². The van der Waals surface area contributed by atoms with Crippen molar-refractivity contribution < 1.29 is 14.3 Å². The Morgan fingerprint density at radius 2 is 1.73 bits per heavy atom. The van der Waals surface area contributed by atoms with E-state index >= 15 is 0 Å².